The topological polar surface area (TPSA) is 15.7 Å². The van der Waals surface area contributed by atoms with E-state index >= 15 is 0 Å². The van der Waals surface area contributed by atoms with Crippen LogP contribution in [0.5, 0.6) is 11.5 Å². The van der Waals surface area contributed by atoms with Crippen molar-refractivity contribution in [3.05, 3.63) is 192 Å². The first kappa shape index (κ1) is 31.9. The van der Waals surface area contributed by atoms with Crippen molar-refractivity contribution in [2.75, 3.05) is 9.80 Å². The molecule has 0 N–H and O–H groups in total. The predicted octanol–water partition coefficient (Wildman–Crippen LogP) is 14.5. The average Bonchev–Trinajstić information content (AvgIpc) is 3.45. The van der Waals surface area contributed by atoms with Gasteiger partial charge in [-0.1, -0.05) is 149 Å². The van der Waals surface area contributed by atoms with Crippen LogP contribution < -0.4 is 14.5 Å². The normalized spacial score (nSPS) is 14.9. The summed E-state index contributed by atoms with van der Waals surface area (Å²) < 4.78 is 6.75. The van der Waals surface area contributed by atoms with E-state index in [0.29, 0.717) is 0 Å². The van der Waals surface area contributed by atoms with Crippen molar-refractivity contribution in [2.24, 2.45) is 0 Å². The summed E-state index contributed by atoms with van der Waals surface area (Å²) in [4.78, 5) is 4.99. The maximum Gasteiger partial charge on any atom is 0.152 e. The number of anilines is 6. The number of hydrogen-bond donors (Lipinski definition) is 0. The summed E-state index contributed by atoms with van der Waals surface area (Å²) in [6.45, 7) is 9.48. The van der Waals surface area contributed by atoms with Crippen LogP contribution in [0.4, 0.5) is 34.1 Å². The zero-order valence-electron chi connectivity index (χ0n) is 31.5. The van der Waals surface area contributed by atoms with Gasteiger partial charge in [-0.05, 0) is 92.9 Å². The molecule has 0 saturated carbocycles. The van der Waals surface area contributed by atoms with Crippen LogP contribution in [-0.2, 0) is 10.8 Å². The molecule has 0 unspecified atom stereocenters. The highest BCUT2D eigenvalue weighted by Gasteiger charge is 2.44. The molecule has 8 aromatic rings. The molecule has 0 bridgehead atoms. The number of para-hydroxylation sites is 1. The maximum atomic E-state index is 6.75. The van der Waals surface area contributed by atoms with E-state index < -0.39 is 0 Å². The number of nitrogens with zero attached hydrogens (tertiary/aromatic N) is 2. The number of benzene rings is 8. The fraction of sp³-hybridized carbons (Fsp3) is 0.115. The number of ether oxygens (including phenoxy) is 1. The number of hydrogen-bond acceptors (Lipinski definition) is 3. The summed E-state index contributed by atoms with van der Waals surface area (Å²) in [6.07, 6.45) is 0. The molecule has 11 rings (SSSR count). The van der Waals surface area contributed by atoms with Gasteiger partial charge in [0.15, 0.2) is 11.5 Å². The van der Waals surface area contributed by atoms with Gasteiger partial charge in [0.25, 0.3) is 0 Å². The van der Waals surface area contributed by atoms with Gasteiger partial charge in [0.05, 0.1) is 22.7 Å². The second kappa shape index (κ2) is 11.5. The van der Waals surface area contributed by atoms with Crippen molar-refractivity contribution < 1.29 is 4.74 Å². The number of rotatable bonds is 4. The van der Waals surface area contributed by atoms with Crippen LogP contribution in [0.15, 0.2) is 170 Å². The second-order valence-corrected chi connectivity index (χ2v) is 16.2. The van der Waals surface area contributed by atoms with Crippen molar-refractivity contribution in [1.82, 2.24) is 0 Å². The Morgan fingerprint density at radius 1 is 0.473 bits per heavy atom. The molecule has 2 aliphatic heterocycles. The lowest BCUT2D eigenvalue weighted by Crippen LogP contribution is -2.34. The highest BCUT2D eigenvalue weighted by atomic mass is 16.5. The van der Waals surface area contributed by atoms with Crippen molar-refractivity contribution in [3.8, 4) is 33.8 Å². The van der Waals surface area contributed by atoms with E-state index in [4.69, 9.17) is 4.74 Å². The second-order valence-electron chi connectivity index (χ2n) is 16.2. The standard InChI is InChI=1S/C52H40N2O/c1-51(2)41-22-11-10-21-39(41)40-29-28-37(32-43(40)51)53(36-19-12-18-35(31-36)33-15-6-5-7-16-33)44-24-14-25-45-48(44)52(3,4)42-23-13-26-46-50(42)54(45)49-38-20-9-8-17-34(38)27-30-47(49)55-46/h5-32H,1-4H3. The maximum absolute atomic E-state index is 6.75. The molecule has 8 aromatic carbocycles. The smallest absolute Gasteiger partial charge is 0.152 e. The van der Waals surface area contributed by atoms with Crippen LogP contribution in [0, 0.1) is 0 Å². The molecule has 3 aliphatic rings. The van der Waals surface area contributed by atoms with Gasteiger partial charge in [-0.15, -0.1) is 0 Å². The third-order valence-corrected chi connectivity index (χ3v) is 12.4. The highest BCUT2D eigenvalue weighted by molar-refractivity contribution is 6.07. The van der Waals surface area contributed by atoms with Crippen molar-refractivity contribution in [1.29, 1.82) is 0 Å². The van der Waals surface area contributed by atoms with Gasteiger partial charge in [-0.25, -0.2) is 0 Å². The Morgan fingerprint density at radius 3 is 2.05 bits per heavy atom. The van der Waals surface area contributed by atoms with Gasteiger partial charge < -0.3 is 14.5 Å². The van der Waals surface area contributed by atoms with Gasteiger partial charge >= 0.3 is 0 Å². The van der Waals surface area contributed by atoms with Gasteiger partial charge in [-0.3, -0.25) is 0 Å². The Balaban J connectivity index is 1.20. The third kappa shape index (κ3) is 4.50. The van der Waals surface area contributed by atoms with Crippen LogP contribution in [-0.4, -0.2) is 0 Å². The molecular weight excluding hydrogens is 669 g/mol. The van der Waals surface area contributed by atoms with E-state index in [1.54, 1.807) is 0 Å². The molecule has 0 spiro atoms. The first-order valence-corrected chi connectivity index (χ1v) is 19.3. The zero-order valence-corrected chi connectivity index (χ0v) is 31.5. The Labute approximate surface area is 322 Å². The Morgan fingerprint density at radius 2 is 1.16 bits per heavy atom. The first-order valence-electron chi connectivity index (χ1n) is 19.3. The zero-order chi connectivity index (χ0) is 37.1. The SMILES string of the molecule is CC1(C)c2ccccc2-c2ccc(N(c3cccc(-c4ccccc4)c3)c3cccc4c3C(C)(C)c3cccc5c3N4c3c(ccc4ccccc34)O5)cc21. The summed E-state index contributed by atoms with van der Waals surface area (Å²) in [5.74, 6) is 1.75. The summed E-state index contributed by atoms with van der Waals surface area (Å²) >= 11 is 0. The van der Waals surface area contributed by atoms with E-state index in [1.165, 1.54) is 61.0 Å². The molecule has 2 heterocycles. The van der Waals surface area contributed by atoms with Crippen molar-refractivity contribution >= 4 is 44.9 Å². The molecule has 55 heavy (non-hydrogen) atoms. The molecule has 0 saturated heterocycles. The highest BCUT2D eigenvalue weighted by Crippen LogP contribution is 2.63. The van der Waals surface area contributed by atoms with Gasteiger partial charge in [0.2, 0.25) is 0 Å². The Kier molecular flexibility index (Phi) is 6.65. The monoisotopic (exact) mass is 708 g/mol. The average molecular weight is 709 g/mol. The Bertz CT molecular complexity index is 2870. The quantitative estimate of drug-likeness (QED) is 0.181. The molecule has 0 amide bonds. The van der Waals surface area contributed by atoms with Crippen molar-refractivity contribution in [2.45, 2.75) is 38.5 Å². The lowest BCUT2D eigenvalue weighted by molar-refractivity contribution is 0.472. The molecule has 0 fully saturated rings. The van der Waals surface area contributed by atoms with Gasteiger partial charge in [0.1, 0.15) is 0 Å². The van der Waals surface area contributed by atoms with Crippen LogP contribution in [0.25, 0.3) is 33.0 Å². The van der Waals surface area contributed by atoms with Crippen LogP contribution in [0.1, 0.15) is 49.9 Å². The third-order valence-electron chi connectivity index (χ3n) is 12.4. The molecule has 3 heteroatoms. The van der Waals surface area contributed by atoms with Gasteiger partial charge in [0, 0.05) is 33.2 Å². The molecule has 1 aliphatic carbocycles. The number of fused-ring (bicyclic) bond motifs is 9. The van der Waals surface area contributed by atoms with E-state index in [0.717, 1.165) is 39.9 Å². The minimum atomic E-state index is -0.374. The molecule has 264 valence electrons. The van der Waals surface area contributed by atoms with E-state index in [1.807, 2.05) is 0 Å². The van der Waals surface area contributed by atoms with Crippen LogP contribution >= 0.6 is 0 Å². The molecular formula is C52H40N2O. The Hall–Kier alpha value is -6.58. The minimum Gasteiger partial charge on any atom is -0.453 e. The van der Waals surface area contributed by atoms with Crippen LogP contribution in [0.2, 0.25) is 0 Å². The summed E-state index contributed by atoms with van der Waals surface area (Å²) in [7, 11) is 0. The predicted molar refractivity (Wildman–Crippen MR) is 229 cm³/mol. The fourth-order valence-corrected chi connectivity index (χ4v) is 9.75. The molecule has 0 atom stereocenters. The summed E-state index contributed by atoms with van der Waals surface area (Å²) in [6, 6.07) is 62.1. The molecule has 3 nitrogen and oxygen atoms in total. The molecule has 0 aromatic heterocycles. The largest absolute Gasteiger partial charge is 0.453 e. The first-order chi connectivity index (χ1) is 26.8. The van der Waals surface area contributed by atoms with E-state index in [2.05, 4.69) is 207 Å². The van der Waals surface area contributed by atoms with E-state index in [-0.39, 0.29) is 10.8 Å². The molecule has 0 radical (unpaired) electrons. The van der Waals surface area contributed by atoms with Gasteiger partial charge in [-0.2, -0.15) is 0 Å². The summed E-state index contributed by atoms with van der Waals surface area (Å²) in [5.41, 5.74) is 16.5. The lowest BCUT2D eigenvalue weighted by Gasteiger charge is -2.47. The minimum absolute atomic E-state index is 0.136. The lowest BCUT2D eigenvalue weighted by atomic mass is 9.72. The van der Waals surface area contributed by atoms with E-state index in [9.17, 15) is 0 Å². The van der Waals surface area contributed by atoms with Crippen molar-refractivity contribution in [3.63, 3.8) is 0 Å². The fourth-order valence-electron chi connectivity index (χ4n) is 9.75. The van der Waals surface area contributed by atoms with Crippen LogP contribution in [0.3, 0.4) is 0 Å². The summed E-state index contributed by atoms with van der Waals surface area (Å²) in [5, 5.41) is 2.36.